The van der Waals surface area contributed by atoms with E-state index in [1.54, 1.807) is 0 Å². The molecule has 2 unspecified atom stereocenters. The summed E-state index contributed by atoms with van der Waals surface area (Å²) in [6.07, 6.45) is 6.84. The molecule has 3 aliphatic carbocycles. The zero-order chi connectivity index (χ0) is 29.5. The van der Waals surface area contributed by atoms with Gasteiger partial charge in [0.1, 0.15) is 17.9 Å². The minimum Gasteiger partial charge on any atom is -0.374 e. The fourth-order valence-corrected chi connectivity index (χ4v) is 9.45. The van der Waals surface area contributed by atoms with Crippen LogP contribution in [0.5, 0.6) is 0 Å². The first kappa shape index (κ1) is 31.4. The van der Waals surface area contributed by atoms with E-state index >= 15 is 0 Å². The molecule has 4 aliphatic rings. The van der Waals surface area contributed by atoms with Crippen LogP contribution >= 0.6 is 0 Å². The summed E-state index contributed by atoms with van der Waals surface area (Å²) < 4.78 is 35.7. The number of nitrogens with one attached hydrogen (secondary N) is 2. The van der Waals surface area contributed by atoms with Crippen LogP contribution in [0, 0.1) is 22.7 Å². The Kier molecular flexibility index (Phi) is 9.11. The highest BCUT2D eigenvalue weighted by Gasteiger charge is 2.65. The molecule has 1 saturated heterocycles. The van der Waals surface area contributed by atoms with Crippen LogP contribution in [0.1, 0.15) is 92.4 Å². The Morgan fingerprint density at radius 2 is 1.80 bits per heavy atom. The minimum absolute atomic E-state index is 0.00386. The molecule has 228 valence electrons. The van der Waals surface area contributed by atoms with Crippen molar-refractivity contribution in [3.8, 4) is 0 Å². The lowest BCUT2D eigenvalue weighted by atomic mass is 9.70. The van der Waals surface area contributed by atoms with Crippen molar-refractivity contribution in [2.24, 2.45) is 28.4 Å². The van der Waals surface area contributed by atoms with Crippen LogP contribution in [0.2, 0.25) is 0 Å². The van der Waals surface area contributed by atoms with Crippen LogP contribution < -0.4 is 15.8 Å². The van der Waals surface area contributed by atoms with E-state index in [0.29, 0.717) is 44.7 Å². The van der Waals surface area contributed by atoms with Crippen molar-refractivity contribution in [3.63, 3.8) is 0 Å². The van der Waals surface area contributed by atoms with Gasteiger partial charge in [-0.05, 0) is 89.4 Å². The van der Waals surface area contributed by atoms with Crippen LogP contribution in [0.4, 0.5) is 0 Å². The summed E-state index contributed by atoms with van der Waals surface area (Å²) in [6, 6.07) is -1.60. The molecule has 3 saturated carbocycles. The summed E-state index contributed by atoms with van der Waals surface area (Å²) >= 11 is 0. The summed E-state index contributed by atoms with van der Waals surface area (Å²) in [7, 11) is -4.03. The van der Waals surface area contributed by atoms with Gasteiger partial charge in [0.2, 0.25) is 21.8 Å². The lowest BCUT2D eigenvalue weighted by molar-refractivity contribution is -0.142. The molecule has 4 N–H and O–H groups in total. The summed E-state index contributed by atoms with van der Waals surface area (Å²) in [5.41, 5.74) is 4.04. The number of amides is 2. The van der Waals surface area contributed by atoms with Gasteiger partial charge in [-0.2, -0.15) is 0 Å². The number of rotatable bonds is 10. The Labute approximate surface area is 239 Å². The van der Waals surface area contributed by atoms with Crippen LogP contribution in [0.15, 0.2) is 0 Å². The molecule has 0 radical (unpaired) electrons. The minimum atomic E-state index is -4.03. The molecule has 40 heavy (non-hydrogen) atoms. The van der Waals surface area contributed by atoms with E-state index in [2.05, 4.69) is 10.0 Å². The Morgan fingerprint density at radius 3 is 2.38 bits per heavy atom. The van der Waals surface area contributed by atoms with E-state index in [-0.39, 0.29) is 36.0 Å². The molecule has 0 aromatic carbocycles. The number of sulfonamides is 1. The van der Waals surface area contributed by atoms with Crippen molar-refractivity contribution in [2.45, 2.75) is 116 Å². The first-order valence-electron chi connectivity index (χ1n) is 15.1. The highest BCUT2D eigenvalue weighted by Crippen LogP contribution is 2.64. The summed E-state index contributed by atoms with van der Waals surface area (Å²) in [4.78, 5) is 41.5. The molecule has 2 amide bonds. The van der Waals surface area contributed by atoms with E-state index in [1.165, 1.54) is 4.90 Å². The van der Waals surface area contributed by atoms with E-state index < -0.39 is 44.4 Å². The lowest BCUT2D eigenvalue weighted by Gasteiger charge is -2.37. The first-order valence-corrected chi connectivity index (χ1v) is 16.7. The van der Waals surface area contributed by atoms with E-state index in [0.717, 1.165) is 32.1 Å². The van der Waals surface area contributed by atoms with Gasteiger partial charge < -0.3 is 20.7 Å². The lowest BCUT2D eigenvalue weighted by Crippen LogP contribution is -2.57. The van der Waals surface area contributed by atoms with Gasteiger partial charge in [0, 0.05) is 31.0 Å². The largest absolute Gasteiger partial charge is 0.374 e. The van der Waals surface area contributed by atoms with Gasteiger partial charge in [0.05, 0.1) is 18.0 Å². The highest BCUT2D eigenvalue weighted by atomic mass is 32.2. The number of carbonyl (C=O) groups excluding carboxylic acids is 3. The average Bonchev–Trinajstić information content (AvgIpc) is 3.49. The molecule has 0 aromatic rings. The van der Waals surface area contributed by atoms with Crippen LogP contribution in [-0.2, 0) is 29.1 Å². The molecule has 0 spiro atoms. The number of ether oxygens (including phenoxy) is 1. The van der Waals surface area contributed by atoms with Crippen LogP contribution in [-0.4, -0.2) is 80.1 Å². The molecule has 10 nitrogen and oxygen atoms in total. The Bertz CT molecular complexity index is 1080. The van der Waals surface area contributed by atoms with Gasteiger partial charge in [-0.3, -0.25) is 14.4 Å². The number of hydrogen-bond donors (Lipinski definition) is 3. The molecule has 2 bridgehead atoms. The number of nitrogens with two attached hydrogens (primary N) is 1. The number of carbonyl (C=O) groups is 3. The van der Waals surface area contributed by atoms with Crippen molar-refractivity contribution in [1.29, 1.82) is 0 Å². The predicted octanol–water partition coefficient (Wildman–Crippen LogP) is 2.11. The molecule has 4 atom stereocenters. The number of hydrogen-bond acceptors (Lipinski definition) is 7. The molecule has 11 heteroatoms. The SMILES string of the molecule is CC(C)(C)OC[C@@H](NS(=O)(=O)CC12CCC(CC1=O)C2(C)C)C(=O)N1CCC[C@H]1C(=O)NCC1CCC(N)CC1. The molecule has 0 aromatic heterocycles. The van der Waals surface area contributed by atoms with E-state index in [4.69, 9.17) is 10.5 Å². The van der Waals surface area contributed by atoms with Crippen molar-refractivity contribution in [2.75, 3.05) is 25.4 Å². The first-order chi connectivity index (χ1) is 18.5. The van der Waals surface area contributed by atoms with Gasteiger partial charge in [-0.15, -0.1) is 0 Å². The molecule has 4 rings (SSSR count). The third-order valence-corrected chi connectivity index (χ3v) is 11.7. The maximum absolute atomic E-state index is 13.8. The number of ketones is 1. The van der Waals surface area contributed by atoms with Crippen molar-refractivity contribution < 1.29 is 27.5 Å². The van der Waals surface area contributed by atoms with E-state index in [1.807, 2.05) is 34.6 Å². The Hall–Kier alpha value is -1.56. The molecule has 1 heterocycles. The predicted molar refractivity (Wildman–Crippen MR) is 153 cm³/mol. The van der Waals surface area contributed by atoms with Gasteiger partial charge in [-0.1, -0.05) is 13.8 Å². The second kappa shape index (κ2) is 11.6. The second-order valence-corrected chi connectivity index (χ2v) is 16.0. The molecule has 1 aliphatic heterocycles. The van der Waals surface area contributed by atoms with Gasteiger partial charge in [0.15, 0.2) is 0 Å². The maximum atomic E-state index is 13.8. The zero-order valence-corrected chi connectivity index (χ0v) is 25.8. The van der Waals surface area contributed by atoms with Crippen molar-refractivity contribution in [1.82, 2.24) is 14.9 Å². The number of nitrogens with zero attached hydrogens (tertiary/aromatic N) is 1. The van der Waals surface area contributed by atoms with E-state index in [9.17, 15) is 22.8 Å². The highest BCUT2D eigenvalue weighted by molar-refractivity contribution is 7.89. The Balaban J connectivity index is 1.46. The number of fused-ring (bicyclic) bond motifs is 2. The summed E-state index contributed by atoms with van der Waals surface area (Å²) in [5.74, 6) is -0.432. The van der Waals surface area contributed by atoms with Gasteiger partial charge >= 0.3 is 0 Å². The zero-order valence-electron chi connectivity index (χ0n) is 25.0. The standard InChI is InChI=1S/C29H50N4O6S/c1-27(2,3)39-17-22(32-40(37,38)18-29-13-12-20(15-24(29)34)28(29,4)5)26(36)33-14-6-7-23(33)25(35)31-16-19-8-10-21(30)11-9-19/h19-23,32H,6-18,30H2,1-5H3,(H,31,35)/t19?,20?,21?,22-,23+,29?/m1/s1. The Morgan fingerprint density at radius 1 is 1.12 bits per heavy atom. The normalized spacial score (nSPS) is 32.9. The quantitative estimate of drug-likeness (QED) is 0.357. The number of Topliss-reactive ketones (excluding diaryl/α,β-unsaturated/α-hetero) is 1. The second-order valence-electron chi connectivity index (χ2n) is 14.2. The fraction of sp³-hybridized carbons (Fsp3) is 0.897. The maximum Gasteiger partial charge on any atom is 0.243 e. The molecule has 4 fully saturated rings. The third-order valence-electron chi connectivity index (χ3n) is 10.2. The van der Waals surface area contributed by atoms with Crippen molar-refractivity contribution >= 4 is 27.6 Å². The molecular weight excluding hydrogens is 532 g/mol. The van der Waals surface area contributed by atoms with Crippen molar-refractivity contribution in [3.05, 3.63) is 0 Å². The summed E-state index contributed by atoms with van der Waals surface area (Å²) in [6.45, 7) is 10.3. The topological polar surface area (TPSA) is 148 Å². The van der Waals surface area contributed by atoms with Gasteiger partial charge in [0.25, 0.3) is 0 Å². The van der Waals surface area contributed by atoms with Crippen LogP contribution in [0.3, 0.4) is 0 Å². The molecular formula is C29H50N4O6S. The average molecular weight is 583 g/mol. The fourth-order valence-electron chi connectivity index (χ4n) is 7.44. The monoisotopic (exact) mass is 582 g/mol. The number of likely N-dealkylation sites (tertiary alicyclic amines) is 1. The summed E-state index contributed by atoms with van der Waals surface area (Å²) in [5, 5.41) is 3.04. The third kappa shape index (κ3) is 6.57. The van der Waals surface area contributed by atoms with Gasteiger partial charge in [-0.25, -0.2) is 13.1 Å². The van der Waals surface area contributed by atoms with Crippen LogP contribution in [0.25, 0.3) is 0 Å². The smallest absolute Gasteiger partial charge is 0.243 e.